The Morgan fingerprint density at radius 2 is 1.38 bits per heavy atom. The van der Waals surface area contributed by atoms with Crippen LogP contribution in [0.2, 0.25) is 10.0 Å². The van der Waals surface area contributed by atoms with E-state index in [-0.39, 0.29) is 0 Å². The summed E-state index contributed by atoms with van der Waals surface area (Å²) in [5.74, 6) is 0. The first kappa shape index (κ1) is 15.2. The van der Waals surface area contributed by atoms with E-state index in [1.54, 1.807) is 0 Å². The first-order valence-electron chi connectivity index (χ1n) is 7.49. The highest BCUT2D eigenvalue weighted by molar-refractivity contribution is 6.30. The Morgan fingerprint density at radius 3 is 2.00 bits per heavy atom. The molecule has 4 aromatic rings. The second-order valence-corrected chi connectivity index (χ2v) is 6.47. The van der Waals surface area contributed by atoms with Gasteiger partial charge < -0.3 is 0 Å². The van der Waals surface area contributed by atoms with Crippen molar-refractivity contribution in [2.75, 3.05) is 0 Å². The van der Waals surface area contributed by atoms with Crippen molar-refractivity contribution >= 4 is 28.8 Å². The van der Waals surface area contributed by atoms with E-state index in [9.17, 15) is 0 Å². The summed E-state index contributed by atoms with van der Waals surface area (Å²) in [6, 6.07) is 19.4. The van der Waals surface area contributed by atoms with Crippen LogP contribution in [0.5, 0.6) is 0 Å². The van der Waals surface area contributed by atoms with Gasteiger partial charge in [-0.25, -0.2) is 9.50 Å². The molecule has 0 amide bonds. The molecule has 0 bridgehead atoms. The van der Waals surface area contributed by atoms with Gasteiger partial charge in [-0.2, -0.15) is 5.10 Å². The fourth-order valence-corrected chi connectivity index (χ4v) is 2.94. The van der Waals surface area contributed by atoms with Crippen molar-refractivity contribution in [3.8, 4) is 22.5 Å². The molecule has 0 fully saturated rings. The summed E-state index contributed by atoms with van der Waals surface area (Å²) >= 11 is 12.0. The molecule has 0 radical (unpaired) electrons. The Kier molecular flexibility index (Phi) is 3.75. The first-order chi connectivity index (χ1) is 11.6. The lowest BCUT2D eigenvalue weighted by Crippen LogP contribution is -1.98. The van der Waals surface area contributed by atoms with Crippen molar-refractivity contribution in [1.82, 2.24) is 14.6 Å². The maximum absolute atomic E-state index is 6.02. The molecule has 0 spiro atoms. The summed E-state index contributed by atoms with van der Waals surface area (Å²) in [5, 5.41) is 5.97. The average molecular weight is 354 g/mol. The Bertz CT molecular complexity index is 1020. The highest BCUT2D eigenvalue weighted by Gasteiger charge is 2.11. The molecule has 0 unspecified atom stereocenters. The van der Waals surface area contributed by atoms with Crippen LogP contribution in [0.1, 0.15) is 5.69 Å². The van der Waals surface area contributed by atoms with E-state index in [2.05, 4.69) is 5.10 Å². The molecular formula is C19H13Cl2N3. The van der Waals surface area contributed by atoms with Gasteiger partial charge in [0.2, 0.25) is 0 Å². The predicted octanol–water partition coefficient (Wildman–Crippen LogP) is 5.68. The number of benzene rings is 2. The van der Waals surface area contributed by atoms with Crippen LogP contribution in [0, 0.1) is 6.92 Å². The summed E-state index contributed by atoms with van der Waals surface area (Å²) in [4.78, 5) is 4.73. The van der Waals surface area contributed by atoms with Gasteiger partial charge >= 0.3 is 0 Å². The van der Waals surface area contributed by atoms with Gasteiger partial charge in [-0.3, -0.25) is 0 Å². The maximum Gasteiger partial charge on any atom is 0.156 e. The fraction of sp³-hybridized carbons (Fsp3) is 0.0526. The molecule has 0 saturated carbocycles. The van der Waals surface area contributed by atoms with Crippen LogP contribution in [0.25, 0.3) is 28.2 Å². The Morgan fingerprint density at radius 1 is 0.792 bits per heavy atom. The second kappa shape index (κ2) is 5.93. The van der Waals surface area contributed by atoms with Gasteiger partial charge in [0, 0.05) is 27.2 Å². The third-order valence-electron chi connectivity index (χ3n) is 3.83. The topological polar surface area (TPSA) is 30.2 Å². The minimum absolute atomic E-state index is 0.706. The molecule has 5 heteroatoms. The van der Waals surface area contributed by atoms with Gasteiger partial charge in [0.15, 0.2) is 5.65 Å². The van der Waals surface area contributed by atoms with Crippen LogP contribution in [0.3, 0.4) is 0 Å². The van der Waals surface area contributed by atoms with Crippen molar-refractivity contribution in [2.45, 2.75) is 6.92 Å². The fourth-order valence-electron chi connectivity index (χ4n) is 2.68. The van der Waals surface area contributed by atoms with Crippen molar-refractivity contribution in [3.05, 3.63) is 76.4 Å². The molecule has 0 N–H and O–H groups in total. The standard InChI is InChI=1S/C19H13Cl2N3/c1-12-10-19-22-17(13-2-6-15(20)7-3-13)11-18(24(19)23-12)14-4-8-16(21)9-5-14/h2-11H,1H3. The first-order valence-corrected chi connectivity index (χ1v) is 8.25. The van der Waals surface area contributed by atoms with Crippen LogP contribution < -0.4 is 0 Å². The normalized spacial score (nSPS) is 11.1. The summed E-state index contributed by atoms with van der Waals surface area (Å²) in [6.45, 7) is 1.96. The molecule has 2 aromatic heterocycles. The van der Waals surface area contributed by atoms with E-state index in [0.717, 1.165) is 33.9 Å². The number of fused-ring (bicyclic) bond motifs is 1. The summed E-state index contributed by atoms with van der Waals surface area (Å²) in [6.07, 6.45) is 0. The molecular weight excluding hydrogens is 341 g/mol. The molecule has 24 heavy (non-hydrogen) atoms. The van der Waals surface area contributed by atoms with Crippen molar-refractivity contribution in [3.63, 3.8) is 0 Å². The van der Waals surface area contributed by atoms with Gasteiger partial charge in [-0.15, -0.1) is 0 Å². The summed E-state index contributed by atoms with van der Waals surface area (Å²) in [5.41, 5.74) is 5.62. The number of hydrogen-bond donors (Lipinski definition) is 0. The minimum Gasteiger partial charge on any atom is -0.228 e. The number of rotatable bonds is 2. The van der Waals surface area contributed by atoms with Crippen molar-refractivity contribution in [2.24, 2.45) is 0 Å². The van der Waals surface area contributed by atoms with Gasteiger partial charge in [0.05, 0.1) is 17.1 Å². The molecule has 0 aliphatic heterocycles. The number of aryl methyl sites for hydroxylation is 1. The minimum atomic E-state index is 0.706. The molecule has 0 saturated heterocycles. The van der Waals surface area contributed by atoms with Crippen LogP contribution in [-0.4, -0.2) is 14.6 Å². The molecule has 0 aliphatic carbocycles. The van der Waals surface area contributed by atoms with Gasteiger partial charge in [0.1, 0.15) is 0 Å². The lowest BCUT2D eigenvalue weighted by molar-refractivity contribution is 0.926. The van der Waals surface area contributed by atoms with E-state index >= 15 is 0 Å². The van der Waals surface area contributed by atoms with Gasteiger partial charge in [0.25, 0.3) is 0 Å². The third kappa shape index (κ3) is 2.77. The molecule has 0 aliphatic rings. The summed E-state index contributed by atoms with van der Waals surface area (Å²) in [7, 11) is 0. The monoisotopic (exact) mass is 353 g/mol. The maximum atomic E-state index is 6.02. The molecule has 3 nitrogen and oxygen atoms in total. The van der Waals surface area contributed by atoms with Crippen LogP contribution >= 0.6 is 23.2 Å². The zero-order chi connectivity index (χ0) is 16.7. The molecule has 4 rings (SSSR count). The summed E-state index contributed by atoms with van der Waals surface area (Å²) < 4.78 is 1.86. The quantitative estimate of drug-likeness (QED) is 0.464. The highest BCUT2D eigenvalue weighted by atomic mass is 35.5. The van der Waals surface area contributed by atoms with E-state index in [1.807, 2.05) is 72.1 Å². The lowest BCUT2D eigenvalue weighted by atomic mass is 10.1. The number of aromatic nitrogens is 3. The van der Waals surface area contributed by atoms with Crippen molar-refractivity contribution in [1.29, 1.82) is 0 Å². The molecule has 2 aromatic carbocycles. The van der Waals surface area contributed by atoms with E-state index in [1.165, 1.54) is 0 Å². The van der Waals surface area contributed by atoms with Crippen molar-refractivity contribution < 1.29 is 0 Å². The van der Waals surface area contributed by atoms with E-state index < -0.39 is 0 Å². The SMILES string of the molecule is Cc1cc2nc(-c3ccc(Cl)cc3)cc(-c3ccc(Cl)cc3)n2n1. The molecule has 0 atom stereocenters. The zero-order valence-electron chi connectivity index (χ0n) is 12.9. The smallest absolute Gasteiger partial charge is 0.156 e. The zero-order valence-corrected chi connectivity index (χ0v) is 14.4. The molecule has 2 heterocycles. The lowest BCUT2D eigenvalue weighted by Gasteiger charge is -2.09. The second-order valence-electron chi connectivity index (χ2n) is 5.60. The third-order valence-corrected chi connectivity index (χ3v) is 4.33. The number of nitrogens with zero attached hydrogens (tertiary/aromatic N) is 3. The number of hydrogen-bond acceptors (Lipinski definition) is 2. The van der Waals surface area contributed by atoms with Gasteiger partial charge in [-0.1, -0.05) is 47.5 Å². The van der Waals surface area contributed by atoms with E-state index in [0.29, 0.717) is 10.0 Å². The molecule has 118 valence electrons. The largest absolute Gasteiger partial charge is 0.228 e. The average Bonchev–Trinajstić information content (AvgIpc) is 2.95. The van der Waals surface area contributed by atoms with Crippen LogP contribution in [0.15, 0.2) is 60.7 Å². The van der Waals surface area contributed by atoms with E-state index in [4.69, 9.17) is 28.2 Å². The Hall–Kier alpha value is -2.36. The Balaban J connectivity index is 1.96. The Labute approximate surface area is 149 Å². The number of halogens is 2. The highest BCUT2D eigenvalue weighted by Crippen LogP contribution is 2.28. The van der Waals surface area contributed by atoms with Gasteiger partial charge in [-0.05, 0) is 37.3 Å². The predicted molar refractivity (Wildman–Crippen MR) is 98.6 cm³/mol. The van der Waals surface area contributed by atoms with Crippen LogP contribution in [-0.2, 0) is 0 Å². The van der Waals surface area contributed by atoms with Crippen LogP contribution in [0.4, 0.5) is 0 Å².